The van der Waals surface area contributed by atoms with Crippen LogP contribution in [-0.2, 0) is 19.2 Å². The molecule has 0 aromatic rings. The van der Waals surface area contributed by atoms with Gasteiger partial charge in [-0.2, -0.15) is 0 Å². The summed E-state index contributed by atoms with van der Waals surface area (Å²) in [6, 6.07) is -1.66. The summed E-state index contributed by atoms with van der Waals surface area (Å²) in [5, 5.41) is 11.6. The number of carboxylic acid groups (broad SMARTS) is 1. The molecule has 0 aromatic heterocycles. The third-order valence-corrected chi connectivity index (χ3v) is 7.71. The fraction of sp³-hybridized carbons (Fsp3) is 0.871. The smallest absolute Gasteiger partial charge is 0.325 e. The average molecular weight is 537 g/mol. The molecule has 1 fully saturated rings. The zero-order chi connectivity index (χ0) is 28.3. The Kier molecular flexibility index (Phi) is 18.0. The van der Waals surface area contributed by atoms with E-state index < -0.39 is 29.9 Å². The van der Waals surface area contributed by atoms with E-state index in [-0.39, 0.29) is 24.0 Å². The lowest BCUT2D eigenvalue weighted by atomic mass is 9.89. The van der Waals surface area contributed by atoms with Gasteiger partial charge in [-0.3, -0.25) is 19.2 Å². The maximum Gasteiger partial charge on any atom is 0.325 e. The second kappa shape index (κ2) is 20.0. The van der Waals surface area contributed by atoms with Gasteiger partial charge in [-0.1, -0.05) is 97.8 Å². The number of carboxylic acids is 1. The van der Waals surface area contributed by atoms with E-state index in [2.05, 4.69) is 12.2 Å². The molecule has 7 heteroatoms. The van der Waals surface area contributed by atoms with E-state index in [4.69, 9.17) is 5.11 Å². The topological polar surface area (TPSA) is 104 Å². The van der Waals surface area contributed by atoms with Crippen molar-refractivity contribution in [2.75, 3.05) is 6.54 Å². The number of amides is 2. The van der Waals surface area contributed by atoms with Crippen molar-refractivity contribution in [1.82, 2.24) is 10.2 Å². The van der Waals surface area contributed by atoms with E-state index in [9.17, 15) is 19.2 Å². The number of aliphatic carboxylic acids is 1. The van der Waals surface area contributed by atoms with Gasteiger partial charge in [0.25, 0.3) is 0 Å². The SMILES string of the molecule is CCCCCCCCCCCCCCCC(=O)C[C@@H](CC(C)C)C(=O)N1CCC[C@H]1C(=O)N[C@@H](C)C(=O)O. The van der Waals surface area contributed by atoms with Gasteiger partial charge in [0.15, 0.2) is 0 Å². The van der Waals surface area contributed by atoms with Crippen LogP contribution in [0.25, 0.3) is 0 Å². The molecular formula is C31H56N2O5. The van der Waals surface area contributed by atoms with Gasteiger partial charge in [-0.05, 0) is 38.5 Å². The van der Waals surface area contributed by atoms with Crippen LogP contribution in [0.5, 0.6) is 0 Å². The number of Topliss-reactive ketones (excluding diaryl/α,β-unsaturated/α-hetero) is 1. The number of ketones is 1. The second-order valence-corrected chi connectivity index (χ2v) is 11.8. The summed E-state index contributed by atoms with van der Waals surface area (Å²) in [7, 11) is 0. The molecule has 3 atom stereocenters. The molecule has 0 aromatic carbocycles. The number of unbranched alkanes of at least 4 members (excludes halogenated alkanes) is 12. The molecule has 0 bridgehead atoms. The van der Waals surface area contributed by atoms with Crippen LogP contribution in [0, 0.1) is 11.8 Å². The van der Waals surface area contributed by atoms with Gasteiger partial charge in [0.2, 0.25) is 11.8 Å². The molecule has 1 rings (SSSR count). The molecule has 2 amide bonds. The van der Waals surface area contributed by atoms with Gasteiger partial charge in [0.1, 0.15) is 17.9 Å². The Hall–Kier alpha value is -1.92. The van der Waals surface area contributed by atoms with Crippen molar-refractivity contribution >= 4 is 23.6 Å². The second-order valence-electron chi connectivity index (χ2n) is 11.8. The van der Waals surface area contributed by atoms with Crippen molar-refractivity contribution in [3.8, 4) is 0 Å². The van der Waals surface area contributed by atoms with Gasteiger partial charge in [0, 0.05) is 25.3 Å². The number of carbonyl (C=O) groups is 4. The van der Waals surface area contributed by atoms with Crippen molar-refractivity contribution in [3.05, 3.63) is 0 Å². The standard InChI is InChI=1S/C31H56N2O5/c1-5-6-7-8-9-10-11-12-13-14-15-16-17-19-27(34)23-26(22-24(2)3)30(36)33-21-18-20-28(33)29(35)32-25(4)31(37)38/h24-26,28H,5-23H2,1-4H3,(H,32,35)(H,37,38)/t25-,26+,28-/m0/s1. The Balaban J connectivity index is 2.37. The van der Waals surface area contributed by atoms with Crippen molar-refractivity contribution in [2.45, 2.75) is 155 Å². The highest BCUT2D eigenvalue weighted by atomic mass is 16.4. The maximum absolute atomic E-state index is 13.4. The van der Waals surface area contributed by atoms with Crippen LogP contribution < -0.4 is 5.32 Å². The van der Waals surface area contributed by atoms with Gasteiger partial charge in [-0.15, -0.1) is 0 Å². The summed E-state index contributed by atoms with van der Waals surface area (Å²) < 4.78 is 0. The summed E-state index contributed by atoms with van der Waals surface area (Å²) in [5.74, 6) is -1.70. The van der Waals surface area contributed by atoms with Crippen LogP contribution in [0.3, 0.4) is 0 Å². The highest BCUT2D eigenvalue weighted by Gasteiger charge is 2.38. The number of nitrogens with one attached hydrogen (secondary N) is 1. The Bertz CT molecular complexity index is 708. The number of nitrogens with zero attached hydrogens (tertiary/aromatic N) is 1. The molecule has 1 aliphatic rings. The van der Waals surface area contributed by atoms with Crippen molar-refractivity contribution < 1.29 is 24.3 Å². The molecule has 0 saturated carbocycles. The van der Waals surface area contributed by atoms with Crippen LogP contribution in [0.1, 0.15) is 143 Å². The van der Waals surface area contributed by atoms with E-state index in [1.165, 1.54) is 71.1 Å². The average Bonchev–Trinajstić information content (AvgIpc) is 3.36. The van der Waals surface area contributed by atoms with Gasteiger partial charge >= 0.3 is 5.97 Å². The molecule has 0 spiro atoms. The molecule has 0 radical (unpaired) electrons. The first-order valence-corrected chi connectivity index (χ1v) is 15.5. The lowest BCUT2D eigenvalue weighted by Crippen LogP contribution is -2.51. The fourth-order valence-corrected chi connectivity index (χ4v) is 5.47. The monoisotopic (exact) mass is 536 g/mol. The number of hydrogen-bond donors (Lipinski definition) is 2. The predicted octanol–water partition coefficient (Wildman–Crippen LogP) is 6.67. The van der Waals surface area contributed by atoms with E-state index in [0.717, 1.165) is 19.3 Å². The normalized spacial score (nSPS) is 17.0. The Morgan fingerprint density at radius 3 is 1.87 bits per heavy atom. The van der Waals surface area contributed by atoms with Crippen LogP contribution in [-0.4, -0.2) is 52.2 Å². The number of likely N-dealkylation sites (tertiary alicyclic amines) is 1. The molecule has 1 saturated heterocycles. The third kappa shape index (κ3) is 14.3. The molecule has 38 heavy (non-hydrogen) atoms. The van der Waals surface area contributed by atoms with Gasteiger partial charge in [0.05, 0.1) is 0 Å². The molecule has 1 aliphatic heterocycles. The van der Waals surface area contributed by atoms with Gasteiger partial charge < -0.3 is 15.3 Å². The lowest BCUT2D eigenvalue weighted by molar-refractivity contribution is -0.145. The minimum absolute atomic E-state index is 0.131. The molecule has 7 nitrogen and oxygen atoms in total. The predicted molar refractivity (Wildman–Crippen MR) is 153 cm³/mol. The largest absolute Gasteiger partial charge is 0.480 e. The minimum Gasteiger partial charge on any atom is -0.480 e. The molecule has 0 aliphatic carbocycles. The van der Waals surface area contributed by atoms with Crippen LogP contribution >= 0.6 is 0 Å². The van der Waals surface area contributed by atoms with Crippen LogP contribution in [0.15, 0.2) is 0 Å². The van der Waals surface area contributed by atoms with Crippen molar-refractivity contribution in [2.24, 2.45) is 11.8 Å². The molecule has 0 unspecified atom stereocenters. The third-order valence-electron chi connectivity index (χ3n) is 7.71. The van der Waals surface area contributed by atoms with Crippen LogP contribution in [0.4, 0.5) is 0 Å². The van der Waals surface area contributed by atoms with E-state index in [0.29, 0.717) is 32.2 Å². The molecule has 2 N–H and O–H groups in total. The first kappa shape index (κ1) is 34.1. The fourth-order valence-electron chi connectivity index (χ4n) is 5.47. The first-order chi connectivity index (χ1) is 18.2. The summed E-state index contributed by atoms with van der Waals surface area (Å²) in [5.41, 5.74) is 0. The molecule has 1 heterocycles. The summed E-state index contributed by atoms with van der Waals surface area (Å²) in [4.78, 5) is 51.5. The highest BCUT2D eigenvalue weighted by molar-refractivity contribution is 5.93. The Morgan fingerprint density at radius 2 is 1.37 bits per heavy atom. The summed E-state index contributed by atoms with van der Waals surface area (Å²) in [6.07, 6.45) is 19.0. The van der Waals surface area contributed by atoms with E-state index in [1.807, 2.05) is 13.8 Å². The Labute approximate surface area is 231 Å². The number of hydrogen-bond acceptors (Lipinski definition) is 4. The maximum atomic E-state index is 13.4. The van der Waals surface area contributed by atoms with Crippen LogP contribution in [0.2, 0.25) is 0 Å². The number of carbonyl (C=O) groups excluding carboxylic acids is 3. The quantitative estimate of drug-likeness (QED) is 0.150. The summed E-state index contributed by atoms with van der Waals surface area (Å²) >= 11 is 0. The molecular weight excluding hydrogens is 480 g/mol. The van der Waals surface area contributed by atoms with E-state index in [1.54, 1.807) is 4.90 Å². The summed E-state index contributed by atoms with van der Waals surface area (Å²) in [6.45, 7) is 8.22. The lowest BCUT2D eigenvalue weighted by Gasteiger charge is -2.29. The van der Waals surface area contributed by atoms with Crippen molar-refractivity contribution in [1.29, 1.82) is 0 Å². The van der Waals surface area contributed by atoms with E-state index >= 15 is 0 Å². The van der Waals surface area contributed by atoms with Crippen molar-refractivity contribution in [3.63, 3.8) is 0 Å². The zero-order valence-corrected chi connectivity index (χ0v) is 24.8. The number of rotatable bonds is 22. The first-order valence-electron chi connectivity index (χ1n) is 15.5. The highest BCUT2D eigenvalue weighted by Crippen LogP contribution is 2.26. The zero-order valence-electron chi connectivity index (χ0n) is 24.8. The molecule has 220 valence electrons. The minimum atomic E-state index is -1.11. The Morgan fingerprint density at radius 1 is 0.842 bits per heavy atom. The van der Waals surface area contributed by atoms with Gasteiger partial charge in [-0.25, -0.2) is 0 Å².